The van der Waals surface area contributed by atoms with E-state index in [0.29, 0.717) is 11.7 Å². The molecule has 3 heteroatoms. The Morgan fingerprint density at radius 2 is 1.74 bits per heavy atom. The van der Waals surface area contributed by atoms with Gasteiger partial charge in [-0.05, 0) is 74.5 Å². The third kappa shape index (κ3) is 1.77. The van der Waals surface area contributed by atoms with Gasteiger partial charge in [0.25, 0.3) is 0 Å². The molecule has 0 aromatic carbocycles. The number of carbonyl (C=O) groups excluding carboxylic acids is 1. The molecule has 0 saturated heterocycles. The highest BCUT2D eigenvalue weighted by Gasteiger charge is 2.68. The molecule has 1 N–H and O–H groups in total. The van der Waals surface area contributed by atoms with Gasteiger partial charge >= 0.3 is 5.97 Å². The molecule has 4 fully saturated rings. The number of Topliss-reactive ketones (excluding diaryl/α,β-unsaturated/α-hetero) is 1. The Bertz CT molecular complexity index is 583. The Morgan fingerprint density at radius 1 is 1.04 bits per heavy atom. The highest BCUT2D eigenvalue weighted by atomic mass is 16.4. The molecule has 4 rings (SSSR count). The number of hydrogen-bond donors (Lipinski definition) is 1. The van der Waals surface area contributed by atoms with E-state index in [-0.39, 0.29) is 22.2 Å². The molecular formula is C20H30O3. The van der Waals surface area contributed by atoms with Crippen LogP contribution in [0, 0.1) is 33.5 Å². The van der Waals surface area contributed by atoms with Crippen molar-refractivity contribution >= 4 is 11.8 Å². The lowest BCUT2D eigenvalue weighted by atomic mass is 9.40. The number of carboxylic acids is 1. The molecule has 128 valence electrons. The zero-order valence-corrected chi connectivity index (χ0v) is 14.8. The number of fused-ring (bicyclic) bond motifs is 3. The van der Waals surface area contributed by atoms with E-state index in [1.807, 2.05) is 6.92 Å². The lowest BCUT2D eigenvalue weighted by molar-refractivity contribution is -0.182. The first-order valence-electron chi connectivity index (χ1n) is 9.43. The predicted octanol–water partition coefficient (Wildman–Crippen LogP) is 4.44. The summed E-state index contributed by atoms with van der Waals surface area (Å²) >= 11 is 0. The van der Waals surface area contributed by atoms with E-state index in [1.165, 1.54) is 0 Å². The van der Waals surface area contributed by atoms with Crippen LogP contribution in [0.25, 0.3) is 0 Å². The monoisotopic (exact) mass is 318 g/mol. The minimum Gasteiger partial charge on any atom is -0.481 e. The molecule has 0 aromatic heterocycles. The number of ketones is 1. The van der Waals surface area contributed by atoms with E-state index in [1.54, 1.807) is 0 Å². The van der Waals surface area contributed by atoms with Crippen molar-refractivity contribution in [2.45, 2.75) is 78.6 Å². The van der Waals surface area contributed by atoms with Crippen LogP contribution in [0.15, 0.2) is 0 Å². The van der Waals surface area contributed by atoms with Gasteiger partial charge in [0, 0.05) is 11.8 Å². The van der Waals surface area contributed by atoms with E-state index in [9.17, 15) is 14.7 Å². The van der Waals surface area contributed by atoms with Crippen molar-refractivity contribution in [3.63, 3.8) is 0 Å². The van der Waals surface area contributed by atoms with Crippen molar-refractivity contribution in [3.05, 3.63) is 0 Å². The van der Waals surface area contributed by atoms with Crippen molar-refractivity contribution in [3.8, 4) is 0 Å². The van der Waals surface area contributed by atoms with Gasteiger partial charge in [0.15, 0.2) is 0 Å². The van der Waals surface area contributed by atoms with Crippen LogP contribution >= 0.6 is 0 Å². The first kappa shape index (κ1) is 15.7. The summed E-state index contributed by atoms with van der Waals surface area (Å²) in [6.45, 7) is 6.54. The molecule has 0 radical (unpaired) electrons. The average molecular weight is 318 g/mol. The van der Waals surface area contributed by atoms with E-state index in [4.69, 9.17) is 0 Å². The van der Waals surface area contributed by atoms with Crippen LogP contribution in [-0.4, -0.2) is 16.9 Å². The fourth-order valence-corrected chi connectivity index (χ4v) is 7.76. The predicted molar refractivity (Wildman–Crippen MR) is 87.9 cm³/mol. The normalized spacial score (nSPS) is 55.2. The minimum absolute atomic E-state index is 0.0789. The summed E-state index contributed by atoms with van der Waals surface area (Å²) in [5, 5.41) is 9.91. The van der Waals surface area contributed by atoms with E-state index in [2.05, 4.69) is 13.8 Å². The Morgan fingerprint density at radius 3 is 2.43 bits per heavy atom. The van der Waals surface area contributed by atoms with Crippen molar-refractivity contribution in [2.24, 2.45) is 33.5 Å². The van der Waals surface area contributed by atoms with Crippen molar-refractivity contribution < 1.29 is 14.7 Å². The van der Waals surface area contributed by atoms with Gasteiger partial charge in [0.05, 0.1) is 5.41 Å². The molecule has 4 aliphatic carbocycles. The Hall–Kier alpha value is -0.860. The fraction of sp³-hybridized carbons (Fsp3) is 0.900. The van der Waals surface area contributed by atoms with Crippen LogP contribution in [0.1, 0.15) is 78.6 Å². The maximum atomic E-state index is 12.6. The van der Waals surface area contributed by atoms with E-state index < -0.39 is 11.4 Å². The quantitative estimate of drug-likeness (QED) is 0.777. The van der Waals surface area contributed by atoms with Gasteiger partial charge in [-0.25, -0.2) is 0 Å². The molecule has 2 bridgehead atoms. The van der Waals surface area contributed by atoms with Crippen LogP contribution in [0.4, 0.5) is 0 Å². The standard InChI is InChI=1S/C20H30O3/c1-17-9-5-14-18(2)7-4-8-19(3,16(22)23)13(18)6-10-20(14,12-17)11-15(17)21/h13-14H,4-12H2,1-3H3,(H,22,23)/t13-,14-,17-,18?,19?,20-/m0/s1. The Labute approximate surface area is 139 Å². The first-order valence-corrected chi connectivity index (χ1v) is 9.43. The molecular weight excluding hydrogens is 288 g/mol. The summed E-state index contributed by atoms with van der Waals surface area (Å²) in [5.74, 6) is 0.704. The summed E-state index contributed by atoms with van der Waals surface area (Å²) in [5.41, 5.74) is -0.357. The minimum atomic E-state index is -0.604. The van der Waals surface area contributed by atoms with Crippen LogP contribution in [0.3, 0.4) is 0 Å². The van der Waals surface area contributed by atoms with Crippen molar-refractivity contribution in [2.75, 3.05) is 0 Å². The summed E-state index contributed by atoms with van der Waals surface area (Å²) in [6.07, 6.45) is 9.04. The summed E-state index contributed by atoms with van der Waals surface area (Å²) in [7, 11) is 0. The topological polar surface area (TPSA) is 54.4 Å². The third-order valence-electron chi connectivity index (χ3n) is 8.84. The van der Waals surface area contributed by atoms with Gasteiger partial charge < -0.3 is 5.11 Å². The Kier molecular flexibility index (Phi) is 3.00. The SMILES string of the molecule is CC1(C(=O)O)CCCC2(C)[C@@H]1CC[C@@]13CC(=O)[C@@](C)(CC[C@@H]21)C3. The molecule has 3 nitrogen and oxygen atoms in total. The molecule has 0 heterocycles. The van der Waals surface area contributed by atoms with Crippen LogP contribution < -0.4 is 0 Å². The fourth-order valence-electron chi connectivity index (χ4n) is 7.76. The summed E-state index contributed by atoms with van der Waals surface area (Å²) in [6, 6.07) is 0. The van der Waals surface area contributed by atoms with E-state index in [0.717, 1.165) is 57.8 Å². The smallest absolute Gasteiger partial charge is 0.309 e. The molecule has 4 saturated carbocycles. The highest BCUT2D eigenvalue weighted by Crippen LogP contribution is 2.72. The second kappa shape index (κ2) is 4.40. The molecule has 1 spiro atoms. The van der Waals surface area contributed by atoms with Gasteiger partial charge in [-0.2, -0.15) is 0 Å². The Balaban J connectivity index is 1.76. The second-order valence-corrected chi connectivity index (χ2v) is 9.96. The van der Waals surface area contributed by atoms with Gasteiger partial charge in [-0.15, -0.1) is 0 Å². The van der Waals surface area contributed by atoms with Crippen molar-refractivity contribution in [1.29, 1.82) is 0 Å². The van der Waals surface area contributed by atoms with E-state index >= 15 is 0 Å². The molecule has 6 atom stereocenters. The van der Waals surface area contributed by atoms with Crippen LogP contribution in [-0.2, 0) is 9.59 Å². The van der Waals surface area contributed by atoms with Gasteiger partial charge in [-0.3, -0.25) is 9.59 Å². The summed E-state index contributed by atoms with van der Waals surface area (Å²) in [4.78, 5) is 24.7. The number of carbonyl (C=O) groups is 2. The zero-order valence-electron chi connectivity index (χ0n) is 14.8. The number of aliphatic carboxylic acids is 1. The lowest BCUT2D eigenvalue weighted by Crippen LogP contribution is -2.58. The summed E-state index contributed by atoms with van der Waals surface area (Å²) < 4.78 is 0. The van der Waals surface area contributed by atoms with Gasteiger partial charge in [0.1, 0.15) is 5.78 Å². The molecule has 4 aliphatic rings. The van der Waals surface area contributed by atoms with Gasteiger partial charge in [-0.1, -0.05) is 20.3 Å². The molecule has 0 aromatic rings. The number of hydrogen-bond acceptors (Lipinski definition) is 2. The zero-order chi connectivity index (χ0) is 16.7. The van der Waals surface area contributed by atoms with Crippen LogP contribution in [0.2, 0.25) is 0 Å². The van der Waals surface area contributed by atoms with Crippen LogP contribution in [0.5, 0.6) is 0 Å². The molecule has 0 amide bonds. The maximum Gasteiger partial charge on any atom is 0.309 e. The number of rotatable bonds is 1. The maximum absolute atomic E-state index is 12.6. The van der Waals surface area contributed by atoms with Crippen molar-refractivity contribution in [1.82, 2.24) is 0 Å². The highest BCUT2D eigenvalue weighted by molar-refractivity contribution is 5.88. The molecule has 23 heavy (non-hydrogen) atoms. The first-order chi connectivity index (χ1) is 10.7. The molecule has 0 aliphatic heterocycles. The average Bonchev–Trinajstić information content (AvgIpc) is 2.63. The van der Waals surface area contributed by atoms with Gasteiger partial charge in [0.2, 0.25) is 0 Å². The third-order valence-corrected chi connectivity index (χ3v) is 8.84. The largest absolute Gasteiger partial charge is 0.481 e. The number of carboxylic acid groups (broad SMARTS) is 1. The molecule has 2 unspecified atom stereocenters. The second-order valence-electron chi connectivity index (χ2n) is 9.96. The lowest BCUT2D eigenvalue weighted by Gasteiger charge is -2.63.